The lowest BCUT2D eigenvalue weighted by atomic mass is 10.0. The number of carboxylic acids is 1. The van der Waals surface area contributed by atoms with E-state index in [2.05, 4.69) is 15.4 Å². The molecule has 0 amide bonds. The van der Waals surface area contributed by atoms with E-state index < -0.39 is 5.97 Å². The van der Waals surface area contributed by atoms with Crippen LogP contribution in [0.15, 0.2) is 36.4 Å². The topological polar surface area (TPSA) is 75.5 Å². The predicted molar refractivity (Wildman–Crippen MR) is 122 cm³/mol. The van der Waals surface area contributed by atoms with Crippen molar-refractivity contribution in [2.24, 2.45) is 0 Å². The van der Waals surface area contributed by atoms with Gasteiger partial charge in [0.1, 0.15) is 5.75 Å². The van der Waals surface area contributed by atoms with E-state index in [-0.39, 0.29) is 19.0 Å². The highest BCUT2D eigenvalue weighted by atomic mass is 35.5. The standard InChI is InChI=1S/C22H25N3O3S.ClH/c1-14-5-7-17(8-6-14)21-23-22(29-24-21)28-19-12-15(2)18(11-16(19)3)9-10-25(4)13-20(26)27;/h5-8,11-12H,9-10,13H2,1-4H3,(H,26,27);1H. The molecule has 8 heteroatoms. The van der Waals surface area contributed by atoms with E-state index in [9.17, 15) is 4.79 Å². The molecule has 2 aromatic carbocycles. The number of aromatic nitrogens is 2. The van der Waals surface area contributed by atoms with E-state index in [1.807, 2.05) is 58.2 Å². The maximum absolute atomic E-state index is 10.8. The molecule has 1 N–H and O–H groups in total. The average molecular weight is 448 g/mol. The number of carboxylic acid groups (broad SMARTS) is 1. The fraction of sp³-hybridized carbons (Fsp3) is 0.318. The van der Waals surface area contributed by atoms with Gasteiger partial charge in [0.15, 0.2) is 5.82 Å². The first-order chi connectivity index (χ1) is 13.8. The normalized spacial score (nSPS) is 10.7. The Balaban J connectivity index is 0.00000320. The Bertz CT molecular complexity index is 1010. The lowest BCUT2D eigenvalue weighted by Gasteiger charge is -2.16. The van der Waals surface area contributed by atoms with Crippen molar-refractivity contribution in [3.63, 3.8) is 0 Å². The summed E-state index contributed by atoms with van der Waals surface area (Å²) in [7, 11) is 1.81. The van der Waals surface area contributed by atoms with Crippen molar-refractivity contribution in [1.29, 1.82) is 0 Å². The van der Waals surface area contributed by atoms with E-state index in [4.69, 9.17) is 9.84 Å². The molecular formula is C22H26ClN3O3S. The number of nitrogens with zero attached hydrogens (tertiary/aromatic N) is 3. The first-order valence-electron chi connectivity index (χ1n) is 9.41. The Kier molecular flexibility index (Phi) is 8.34. The molecule has 6 nitrogen and oxygen atoms in total. The molecule has 0 unspecified atom stereocenters. The van der Waals surface area contributed by atoms with Crippen LogP contribution in [0.1, 0.15) is 22.3 Å². The second-order valence-electron chi connectivity index (χ2n) is 7.28. The van der Waals surface area contributed by atoms with Gasteiger partial charge in [-0.05, 0) is 57.0 Å². The van der Waals surface area contributed by atoms with Crippen molar-refractivity contribution in [1.82, 2.24) is 14.3 Å². The number of ether oxygens (including phenoxy) is 1. The summed E-state index contributed by atoms with van der Waals surface area (Å²) >= 11 is 1.24. The van der Waals surface area contributed by atoms with Gasteiger partial charge in [-0.1, -0.05) is 35.9 Å². The van der Waals surface area contributed by atoms with Crippen molar-refractivity contribution in [2.75, 3.05) is 20.1 Å². The fourth-order valence-corrected chi connectivity index (χ4v) is 3.58. The van der Waals surface area contributed by atoms with Gasteiger partial charge in [-0.25, -0.2) is 0 Å². The van der Waals surface area contributed by atoms with E-state index >= 15 is 0 Å². The lowest BCUT2D eigenvalue weighted by molar-refractivity contribution is -0.137. The molecule has 0 aliphatic rings. The summed E-state index contributed by atoms with van der Waals surface area (Å²) in [4.78, 5) is 17.1. The average Bonchev–Trinajstić information content (AvgIpc) is 3.12. The second kappa shape index (κ2) is 10.5. The van der Waals surface area contributed by atoms with Crippen LogP contribution < -0.4 is 4.74 Å². The summed E-state index contributed by atoms with van der Waals surface area (Å²) in [6, 6.07) is 12.2. The number of hydrogen-bond donors (Lipinski definition) is 1. The SMILES string of the molecule is Cc1ccc(-c2nsc(Oc3cc(C)c(CCN(C)CC(=O)O)cc3C)n2)cc1.Cl. The van der Waals surface area contributed by atoms with Crippen LogP contribution in [0.4, 0.5) is 0 Å². The van der Waals surface area contributed by atoms with E-state index in [1.54, 1.807) is 4.90 Å². The Labute approximate surface area is 187 Å². The van der Waals surface area contributed by atoms with Gasteiger partial charge < -0.3 is 9.84 Å². The van der Waals surface area contributed by atoms with E-state index in [0.29, 0.717) is 17.6 Å². The highest BCUT2D eigenvalue weighted by Gasteiger charge is 2.12. The molecule has 0 fully saturated rings. The summed E-state index contributed by atoms with van der Waals surface area (Å²) in [5.41, 5.74) is 5.47. The Hall–Kier alpha value is -2.48. The second-order valence-corrected chi connectivity index (χ2v) is 7.99. The number of benzene rings is 2. The molecule has 1 aromatic heterocycles. The van der Waals surface area contributed by atoms with Crippen LogP contribution in [0.25, 0.3) is 11.4 Å². The van der Waals surface area contributed by atoms with Crippen LogP contribution >= 0.6 is 23.9 Å². The van der Waals surface area contributed by atoms with Crippen LogP contribution in [0.2, 0.25) is 0 Å². The quantitative estimate of drug-likeness (QED) is 0.529. The van der Waals surface area contributed by atoms with Gasteiger partial charge in [-0.2, -0.15) is 9.36 Å². The number of aryl methyl sites for hydroxylation is 3. The largest absolute Gasteiger partial charge is 0.480 e. The number of likely N-dealkylation sites (N-methyl/N-ethyl adjacent to an activating group) is 1. The third-order valence-electron chi connectivity index (χ3n) is 4.72. The van der Waals surface area contributed by atoms with Crippen LogP contribution in [0, 0.1) is 20.8 Å². The molecule has 0 radical (unpaired) electrons. The minimum atomic E-state index is -0.814. The number of aliphatic carboxylic acids is 1. The minimum Gasteiger partial charge on any atom is -0.480 e. The first kappa shape index (κ1) is 23.8. The van der Waals surface area contributed by atoms with Crippen LogP contribution in [0.3, 0.4) is 0 Å². The molecule has 30 heavy (non-hydrogen) atoms. The molecule has 3 aromatic rings. The lowest BCUT2D eigenvalue weighted by Crippen LogP contribution is -2.27. The molecule has 160 valence electrons. The third kappa shape index (κ3) is 6.26. The Morgan fingerprint density at radius 2 is 1.83 bits per heavy atom. The summed E-state index contributed by atoms with van der Waals surface area (Å²) in [5.74, 6) is 0.612. The van der Waals surface area contributed by atoms with Crippen LogP contribution in [0.5, 0.6) is 10.9 Å². The van der Waals surface area contributed by atoms with Gasteiger partial charge in [0.25, 0.3) is 5.19 Å². The zero-order valence-corrected chi connectivity index (χ0v) is 19.1. The van der Waals surface area contributed by atoms with E-state index in [0.717, 1.165) is 28.9 Å². The predicted octanol–water partition coefficient (Wildman–Crippen LogP) is 4.90. The van der Waals surface area contributed by atoms with Gasteiger partial charge in [-0.3, -0.25) is 9.69 Å². The maximum Gasteiger partial charge on any atom is 0.317 e. The number of carbonyl (C=O) groups is 1. The summed E-state index contributed by atoms with van der Waals surface area (Å²) in [6.07, 6.45) is 0.785. The molecular weight excluding hydrogens is 422 g/mol. The van der Waals surface area contributed by atoms with Gasteiger partial charge in [0.05, 0.1) is 6.54 Å². The summed E-state index contributed by atoms with van der Waals surface area (Å²) < 4.78 is 10.4. The van der Waals surface area contributed by atoms with Crippen molar-refractivity contribution < 1.29 is 14.6 Å². The Morgan fingerprint density at radius 3 is 2.50 bits per heavy atom. The Morgan fingerprint density at radius 1 is 1.13 bits per heavy atom. The molecule has 0 aliphatic heterocycles. The van der Waals surface area contributed by atoms with Crippen LogP contribution in [-0.2, 0) is 11.2 Å². The van der Waals surface area contributed by atoms with Crippen molar-refractivity contribution in [3.05, 3.63) is 58.7 Å². The zero-order chi connectivity index (χ0) is 21.0. The highest BCUT2D eigenvalue weighted by Crippen LogP contribution is 2.31. The molecule has 0 spiro atoms. The summed E-state index contributed by atoms with van der Waals surface area (Å²) in [5, 5.41) is 9.39. The smallest absolute Gasteiger partial charge is 0.317 e. The zero-order valence-electron chi connectivity index (χ0n) is 17.5. The van der Waals surface area contributed by atoms with Gasteiger partial charge in [-0.15, -0.1) is 12.4 Å². The number of rotatable bonds is 8. The monoisotopic (exact) mass is 447 g/mol. The summed E-state index contributed by atoms with van der Waals surface area (Å²) in [6.45, 7) is 6.81. The van der Waals surface area contributed by atoms with Crippen molar-refractivity contribution in [2.45, 2.75) is 27.2 Å². The molecule has 0 saturated heterocycles. The van der Waals surface area contributed by atoms with Gasteiger partial charge >= 0.3 is 5.97 Å². The molecule has 0 aliphatic carbocycles. The van der Waals surface area contributed by atoms with Crippen molar-refractivity contribution in [3.8, 4) is 22.3 Å². The molecule has 0 saturated carbocycles. The van der Waals surface area contributed by atoms with Gasteiger partial charge in [0.2, 0.25) is 0 Å². The highest BCUT2D eigenvalue weighted by molar-refractivity contribution is 7.07. The van der Waals surface area contributed by atoms with Gasteiger partial charge in [0, 0.05) is 23.6 Å². The third-order valence-corrected chi connectivity index (χ3v) is 5.31. The fourth-order valence-electron chi connectivity index (χ4n) is 3.02. The van der Waals surface area contributed by atoms with Crippen LogP contribution in [-0.4, -0.2) is 45.5 Å². The molecule has 1 heterocycles. The maximum atomic E-state index is 10.8. The first-order valence-corrected chi connectivity index (χ1v) is 10.2. The number of halogens is 1. The molecule has 3 rings (SSSR count). The molecule has 0 atom stereocenters. The number of hydrogen-bond acceptors (Lipinski definition) is 6. The molecule has 0 bridgehead atoms. The van der Waals surface area contributed by atoms with E-state index in [1.165, 1.54) is 22.7 Å². The van der Waals surface area contributed by atoms with Crippen molar-refractivity contribution >= 4 is 29.9 Å². The minimum absolute atomic E-state index is 0.